The number of Topliss-reactive ketones (excluding diaryl/α,β-unsaturated/α-hetero) is 1. The van der Waals surface area contributed by atoms with Crippen LogP contribution < -0.4 is 10.6 Å². The predicted molar refractivity (Wildman–Crippen MR) is 138 cm³/mol. The van der Waals surface area contributed by atoms with E-state index in [2.05, 4.69) is 74.7 Å². The Morgan fingerprint density at radius 2 is 1.50 bits per heavy atom. The third-order valence-electron chi connectivity index (χ3n) is 6.31. The largest absolute Gasteiger partial charge is 0.317 e. The maximum absolute atomic E-state index is 11.9. The van der Waals surface area contributed by atoms with Gasteiger partial charge in [-0.3, -0.25) is 4.79 Å². The molecule has 0 unspecified atom stereocenters. The van der Waals surface area contributed by atoms with Gasteiger partial charge in [-0.05, 0) is 90.0 Å². The molecule has 0 radical (unpaired) electrons. The molecule has 32 heavy (non-hydrogen) atoms. The maximum Gasteiger partial charge on any atom is 0.162 e. The fraction of sp³-hybridized carbons (Fsp3) is 0.552. The van der Waals surface area contributed by atoms with Crippen LogP contribution in [0.5, 0.6) is 0 Å². The number of rotatable bonds is 3. The van der Waals surface area contributed by atoms with E-state index in [1.165, 1.54) is 48.2 Å². The summed E-state index contributed by atoms with van der Waals surface area (Å²) in [6.07, 6.45) is 13.8. The Morgan fingerprint density at radius 1 is 0.906 bits per heavy atom. The molecule has 2 heterocycles. The molecule has 1 aliphatic carbocycles. The molecule has 2 N–H and O–H groups in total. The number of carbonyl (C=O) groups is 1. The molecular formula is C29H44N2O. The van der Waals surface area contributed by atoms with Crippen LogP contribution in [-0.4, -0.2) is 32.0 Å². The first-order chi connectivity index (χ1) is 15.5. The van der Waals surface area contributed by atoms with Crippen molar-refractivity contribution in [3.63, 3.8) is 0 Å². The molecule has 0 spiro atoms. The lowest BCUT2D eigenvalue weighted by molar-refractivity contribution is -0.115. The van der Waals surface area contributed by atoms with Gasteiger partial charge >= 0.3 is 0 Å². The average molecular weight is 437 g/mol. The Bertz CT molecular complexity index is 759. The minimum atomic E-state index is 0.291. The zero-order chi connectivity index (χ0) is 23.2. The monoisotopic (exact) mass is 436 g/mol. The molecular weight excluding hydrogens is 392 g/mol. The van der Waals surface area contributed by atoms with E-state index in [-0.39, 0.29) is 0 Å². The van der Waals surface area contributed by atoms with Gasteiger partial charge in [0.25, 0.3) is 0 Å². The second-order valence-electron chi connectivity index (χ2n) is 9.34. The summed E-state index contributed by atoms with van der Waals surface area (Å²) in [6.45, 7) is 13.2. The first-order valence-corrected chi connectivity index (χ1v) is 12.6. The number of benzene rings is 1. The first-order valence-electron chi connectivity index (χ1n) is 12.6. The normalized spacial score (nSPS) is 18.7. The summed E-state index contributed by atoms with van der Waals surface area (Å²) in [5.41, 5.74) is 6.51. The van der Waals surface area contributed by atoms with Gasteiger partial charge < -0.3 is 10.6 Å². The van der Waals surface area contributed by atoms with Crippen LogP contribution in [0.1, 0.15) is 69.9 Å². The zero-order valence-corrected chi connectivity index (χ0v) is 20.8. The Hall–Kier alpha value is -1.97. The highest BCUT2D eigenvalue weighted by atomic mass is 16.1. The average Bonchev–Trinajstić information content (AvgIpc) is 3.13. The van der Waals surface area contributed by atoms with Gasteiger partial charge in [0.15, 0.2) is 5.78 Å². The van der Waals surface area contributed by atoms with Crippen molar-refractivity contribution in [2.24, 2.45) is 5.92 Å². The fourth-order valence-electron chi connectivity index (χ4n) is 4.03. The van der Waals surface area contributed by atoms with Crippen molar-refractivity contribution in [1.29, 1.82) is 0 Å². The van der Waals surface area contributed by atoms with Crippen molar-refractivity contribution >= 4 is 5.78 Å². The maximum atomic E-state index is 11.9. The van der Waals surface area contributed by atoms with Gasteiger partial charge in [-0.2, -0.15) is 0 Å². The van der Waals surface area contributed by atoms with Crippen LogP contribution in [-0.2, 0) is 4.79 Å². The molecule has 0 amide bonds. The Balaban J connectivity index is 0.000000199. The molecule has 1 aromatic carbocycles. The van der Waals surface area contributed by atoms with Crippen molar-refractivity contribution < 1.29 is 4.79 Å². The summed E-state index contributed by atoms with van der Waals surface area (Å²) >= 11 is 0. The van der Waals surface area contributed by atoms with Crippen LogP contribution in [0, 0.1) is 19.8 Å². The van der Waals surface area contributed by atoms with Crippen molar-refractivity contribution in [2.75, 3.05) is 26.2 Å². The number of hydrogen-bond donors (Lipinski definition) is 2. The number of carbonyl (C=O) groups excluding carboxylic acids is 1. The van der Waals surface area contributed by atoms with E-state index < -0.39 is 0 Å². The topological polar surface area (TPSA) is 41.1 Å². The summed E-state index contributed by atoms with van der Waals surface area (Å²) in [5.74, 6) is 1.26. The molecule has 0 bridgehead atoms. The van der Waals surface area contributed by atoms with Crippen LogP contribution >= 0.6 is 0 Å². The molecule has 0 aromatic heterocycles. The molecule has 2 aliphatic heterocycles. The molecule has 176 valence electrons. The molecule has 3 heteroatoms. The van der Waals surface area contributed by atoms with Gasteiger partial charge in [0, 0.05) is 12.0 Å². The highest BCUT2D eigenvalue weighted by Gasteiger charge is 2.13. The number of aryl methyl sites for hydroxylation is 2. The van der Waals surface area contributed by atoms with Crippen molar-refractivity contribution in [1.82, 2.24) is 10.6 Å². The summed E-state index contributed by atoms with van der Waals surface area (Å²) in [4.78, 5) is 11.9. The van der Waals surface area contributed by atoms with E-state index in [0.717, 1.165) is 50.3 Å². The van der Waals surface area contributed by atoms with Gasteiger partial charge in [0.05, 0.1) is 0 Å². The van der Waals surface area contributed by atoms with Crippen LogP contribution in [0.4, 0.5) is 0 Å². The third kappa shape index (κ3) is 10.1. The van der Waals surface area contributed by atoms with Crippen LogP contribution in [0.25, 0.3) is 0 Å². The molecule has 0 saturated carbocycles. The van der Waals surface area contributed by atoms with Crippen molar-refractivity contribution in [3.05, 3.63) is 70.3 Å². The molecule has 1 saturated heterocycles. The SMILES string of the molecule is CC1CCNCC1.CCCC(=O)C1=CCC2=C(C=C1)CCNCC2.Cc1ccc(C)cc1. The molecule has 1 fully saturated rings. The standard InChI is InChI=1S/C15H21NO.C8H10.C6H13N/c1-2-3-15(17)14-6-4-12-8-10-16-11-9-13(12)5-7-14;1-7-3-5-8(2)6-4-7;1-6-2-4-7-5-3-6/h4,6-7,16H,2-3,5,8-11H2,1H3;3-6H,1-2H3;6-7H,2-5H2,1H3. The van der Waals surface area contributed by atoms with Crippen LogP contribution in [0.2, 0.25) is 0 Å². The van der Waals surface area contributed by atoms with Gasteiger partial charge in [-0.25, -0.2) is 0 Å². The zero-order valence-electron chi connectivity index (χ0n) is 20.8. The molecule has 3 nitrogen and oxygen atoms in total. The Labute approximate surface area is 196 Å². The van der Waals surface area contributed by atoms with Gasteiger partial charge in [-0.1, -0.05) is 73.0 Å². The third-order valence-corrected chi connectivity index (χ3v) is 6.31. The van der Waals surface area contributed by atoms with E-state index in [9.17, 15) is 4.79 Å². The van der Waals surface area contributed by atoms with Crippen molar-refractivity contribution in [2.45, 2.75) is 72.6 Å². The molecule has 4 rings (SSSR count). The van der Waals surface area contributed by atoms with E-state index >= 15 is 0 Å². The first kappa shape index (κ1) is 26.3. The molecule has 1 aromatic rings. The minimum Gasteiger partial charge on any atom is -0.317 e. The van der Waals surface area contributed by atoms with Crippen LogP contribution in [0.3, 0.4) is 0 Å². The van der Waals surface area contributed by atoms with Gasteiger partial charge in [0.1, 0.15) is 0 Å². The second-order valence-corrected chi connectivity index (χ2v) is 9.34. The summed E-state index contributed by atoms with van der Waals surface area (Å²) < 4.78 is 0. The number of allylic oxidation sites excluding steroid dienone is 4. The quantitative estimate of drug-likeness (QED) is 0.590. The minimum absolute atomic E-state index is 0.291. The predicted octanol–water partition coefficient (Wildman–Crippen LogP) is 6.23. The highest BCUT2D eigenvalue weighted by molar-refractivity contribution is 5.98. The summed E-state index contributed by atoms with van der Waals surface area (Å²) in [5, 5.41) is 6.73. The van der Waals surface area contributed by atoms with E-state index in [0.29, 0.717) is 12.2 Å². The lowest BCUT2D eigenvalue weighted by Gasteiger charge is -2.17. The number of nitrogens with one attached hydrogen (secondary N) is 2. The summed E-state index contributed by atoms with van der Waals surface area (Å²) in [7, 11) is 0. The van der Waals surface area contributed by atoms with Gasteiger partial charge in [-0.15, -0.1) is 0 Å². The molecule has 0 atom stereocenters. The van der Waals surface area contributed by atoms with Gasteiger partial charge in [0.2, 0.25) is 0 Å². The fourth-order valence-corrected chi connectivity index (χ4v) is 4.03. The molecule has 3 aliphatic rings. The highest BCUT2D eigenvalue weighted by Crippen LogP contribution is 2.24. The Morgan fingerprint density at radius 3 is 2.06 bits per heavy atom. The lowest BCUT2D eigenvalue weighted by atomic mass is 10.0. The van der Waals surface area contributed by atoms with E-state index in [4.69, 9.17) is 0 Å². The van der Waals surface area contributed by atoms with E-state index in [1.807, 2.05) is 6.08 Å². The van der Waals surface area contributed by atoms with Crippen molar-refractivity contribution in [3.8, 4) is 0 Å². The number of ketones is 1. The lowest BCUT2D eigenvalue weighted by Crippen LogP contribution is -2.26. The van der Waals surface area contributed by atoms with Crippen LogP contribution in [0.15, 0.2) is 59.2 Å². The number of piperidine rings is 1. The smallest absolute Gasteiger partial charge is 0.162 e. The Kier molecular flexibility index (Phi) is 12.3. The second kappa shape index (κ2) is 15.0. The summed E-state index contributed by atoms with van der Waals surface area (Å²) in [6, 6.07) is 8.48. The van der Waals surface area contributed by atoms with E-state index in [1.54, 1.807) is 0 Å². The number of hydrogen-bond acceptors (Lipinski definition) is 3.